The monoisotopic (exact) mass is 563 g/mol. The van der Waals surface area contributed by atoms with Crippen LogP contribution in [0.25, 0.3) is 0 Å². The molecule has 7 nitrogen and oxygen atoms in total. The number of aryl methyl sites for hydroxylation is 3. The highest BCUT2D eigenvalue weighted by atomic mass is 32.2. The highest BCUT2D eigenvalue weighted by Crippen LogP contribution is 2.28. The van der Waals surface area contributed by atoms with E-state index >= 15 is 0 Å². The third-order valence-corrected chi connectivity index (χ3v) is 8.88. The number of sulfonamides is 1. The SMILES string of the molecule is CC[C@H](C)NC(=O)[C@H](CC)N(Cc1ccc(C)cc1)C(=O)CN(c1cc(C)ccc1C)S(=O)(=O)c1ccccc1. The molecular weight excluding hydrogens is 522 g/mol. The second-order valence-corrected chi connectivity index (χ2v) is 12.2. The fourth-order valence-electron chi connectivity index (χ4n) is 4.47. The van der Waals surface area contributed by atoms with Gasteiger partial charge in [-0.2, -0.15) is 0 Å². The molecule has 2 amide bonds. The molecule has 0 saturated heterocycles. The van der Waals surface area contributed by atoms with E-state index in [1.807, 2.05) is 77.9 Å². The Bertz CT molecular complexity index is 1410. The van der Waals surface area contributed by atoms with Crippen molar-refractivity contribution in [1.82, 2.24) is 10.2 Å². The standard InChI is InChI=1S/C32H41N3O4S/c1-7-26(6)33-32(37)29(8-2)34(21-27-18-15-23(3)16-19-27)31(36)22-35(30-20-24(4)14-17-25(30)5)40(38,39)28-12-10-9-11-13-28/h9-20,26,29H,7-8,21-22H2,1-6H3,(H,33,37)/t26-,29-/m0/s1. The maximum atomic E-state index is 14.2. The molecule has 0 aliphatic carbocycles. The average Bonchev–Trinajstić information content (AvgIpc) is 2.94. The molecule has 0 aliphatic rings. The smallest absolute Gasteiger partial charge is 0.264 e. The van der Waals surface area contributed by atoms with Crippen molar-refractivity contribution in [3.05, 3.63) is 95.1 Å². The van der Waals surface area contributed by atoms with Gasteiger partial charge in [0.2, 0.25) is 11.8 Å². The molecule has 40 heavy (non-hydrogen) atoms. The van der Waals surface area contributed by atoms with E-state index in [1.54, 1.807) is 24.3 Å². The average molecular weight is 564 g/mol. The Morgan fingerprint density at radius 3 is 2.08 bits per heavy atom. The number of rotatable bonds is 12. The molecule has 0 fully saturated rings. The van der Waals surface area contributed by atoms with Gasteiger partial charge in [0.1, 0.15) is 12.6 Å². The molecule has 3 aromatic carbocycles. The summed E-state index contributed by atoms with van der Waals surface area (Å²) in [6.07, 6.45) is 1.14. The van der Waals surface area contributed by atoms with E-state index in [9.17, 15) is 18.0 Å². The molecule has 3 aromatic rings. The van der Waals surface area contributed by atoms with E-state index in [2.05, 4.69) is 5.32 Å². The van der Waals surface area contributed by atoms with Crippen LogP contribution in [0.4, 0.5) is 5.69 Å². The van der Waals surface area contributed by atoms with Gasteiger partial charge in [0.05, 0.1) is 10.6 Å². The normalized spacial score (nSPS) is 12.8. The lowest BCUT2D eigenvalue weighted by molar-refractivity contribution is -0.140. The minimum absolute atomic E-state index is 0.0530. The van der Waals surface area contributed by atoms with Crippen molar-refractivity contribution >= 4 is 27.5 Å². The second-order valence-electron chi connectivity index (χ2n) is 10.4. The van der Waals surface area contributed by atoms with Crippen molar-refractivity contribution in [1.29, 1.82) is 0 Å². The highest BCUT2D eigenvalue weighted by Gasteiger charge is 2.34. The number of benzene rings is 3. The van der Waals surface area contributed by atoms with Gasteiger partial charge in [-0.1, -0.05) is 74.0 Å². The van der Waals surface area contributed by atoms with Crippen LogP contribution in [-0.4, -0.2) is 43.8 Å². The van der Waals surface area contributed by atoms with E-state index in [0.29, 0.717) is 12.1 Å². The molecule has 1 N–H and O–H groups in total. The van der Waals surface area contributed by atoms with E-state index in [4.69, 9.17) is 0 Å². The van der Waals surface area contributed by atoms with Gasteiger partial charge in [0.15, 0.2) is 0 Å². The van der Waals surface area contributed by atoms with Crippen molar-refractivity contribution in [3.8, 4) is 0 Å². The van der Waals surface area contributed by atoms with Gasteiger partial charge >= 0.3 is 0 Å². The zero-order valence-corrected chi connectivity index (χ0v) is 25.2. The Hall–Kier alpha value is -3.65. The molecule has 0 radical (unpaired) electrons. The Labute approximate surface area is 239 Å². The van der Waals surface area contributed by atoms with Gasteiger partial charge in [-0.25, -0.2) is 8.42 Å². The number of hydrogen-bond acceptors (Lipinski definition) is 4. The van der Waals surface area contributed by atoms with Crippen LogP contribution < -0.4 is 9.62 Å². The van der Waals surface area contributed by atoms with E-state index in [-0.39, 0.29) is 23.4 Å². The Morgan fingerprint density at radius 1 is 0.850 bits per heavy atom. The summed E-state index contributed by atoms with van der Waals surface area (Å²) in [6, 6.07) is 20.6. The first-order valence-electron chi connectivity index (χ1n) is 13.8. The molecule has 0 aliphatic heterocycles. The molecule has 3 rings (SSSR count). The quantitative estimate of drug-likeness (QED) is 0.314. The molecule has 0 heterocycles. The molecule has 0 saturated carbocycles. The minimum atomic E-state index is -4.09. The van der Waals surface area contributed by atoms with E-state index in [0.717, 1.165) is 28.7 Å². The van der Waals surface area contributed by atoms with Crippen molar-refractivity contribution in [3.63, 3.8) is 0 Å². The summed E-state index contributed by atoms with van der Waals surface area (Å²) in [5, 5.41) is 3.00. The zero-order valence-electron chi connectivity index (χ0n) is 24.3. The maximum Gasteiger partial charge on any atom is 0.264 e. The first-order chi connectivity index (χ1) is 19.0. The number of hydrogen-bond donors (Lipinski definition) is 1. The highest BCUT2D eigenvalue weighted by molar-refractivity contribution is 7.92. The Kier molecular flexibility index (Phi) is 10.5. The number of anilines is 1. The van der Waals surface area contributed by atoms with Crippen LogP contribution in [0.5, 0.6) is 0 Å². The molecule has 0 bridgehead atoms. The summed E-state index contributed by atoms with van der Waals surface area (Å²) in [7, 11) is -4.09. The third kappa shape index (κ3) is 7.50. The predicted molar refractivity (Wildman–Crippen MR) is 161 cm³/mol. The number of nitrogens with one attached hydrogen (secondary N) is 1. The number of nitrogens with zero attached hydrogens (tertiary/aromatic N) is 2. The van der Waals surface area contributed by atoms with E-state index in [1.165, 1.54) is 21.3 Å². The number of amides is 2. The summed E-state index contributed by atoms with van der Waals surface area (Å²) in [6.45, 7) is 11.2. The predicted octanol–water partition coefficient (Wildman–Crippen LogP) is 5.53. The van der Waals surface area contributed by atoms with Crippen molar-refractivity contribution in [2.45, 2.75) is 77.9 Å². The zero-order chi connectivity index (χ0) is 29.4. The number of carbonyl (C=O) groups is 2. The maximum absolute atomic E-state index is 14.2. The molecule has 2 atom stereocenters. The van der Waals surface area contributed by atoms with Gasteiger partial charge in [-0.05, 0) is 75.4 Å². The fourth-order valence-corrected chi connectivity index (χ4v) is 5.96. The van der Waals surface area contributed by atoms with E-state index < -0.39 is 28.5 Å². The first-order valence-corrected chi connectivity index (χ1v) is 15.2. The topological polar surface area (TPSA) is 86.8 Å². The summed E-state index contributed by atoms with van der Waals surface area (Å²) in [5.74, 6) is -0.700. The molecule has 8 heteroatoms. The Balaban J connectivity index is 2.08. The molecule has 0 unspecified atom stereocenters. The van der Waals surface area contributed by atoms with Crippen LogP contribution in [0.1, 0.15) is 55.9 Å². The summed E-state index contributed by atoms with van der Waals surface area (Å²) >= 11 is 0. The van der Waals surface area contributed by atoms with Crippen molar-refractivity contribution in [2.24, 2.45) is 0 Å². The number of carbonyl (C=O) groups excluding carboxylic acids is 2. The first kappa shape index (κ1) is 30.9. The van der Waals surface area contributed by atoms with Gasteiger partial charge in [-0.3, -0.25) is 13.9 Å². The van der Waals surface area contributed by atoms with Gasteiger partial charge < -0.3 is 10.2 Å². The molecule has 214 valence electrons. The van der Waals surface area contributed by atoms with Gasteiger partial charge in [0.25, 0.3) is 10.0 Å². The molecular formula is C32H41N3O4S. The Morgan fingerprint density at radius 2 is 1.48 bits per heavy atom. The van der Waals surface area contributed by atoms with Crippen LogP contribution in [0.15, 0.2) is 77.7 Å². The second kappa shape index (κ2) is 13.6. The van der Waals surface area contributed by atoms with Crippen LogP contribution in [-0.2, 0) is 26.2 Å². The summed E-state index contributed by atoms with van der Waals surface area (Å²) in [5.41, 5.74) is 3.97. The van der Waals surface area contributed by atoms with Crippen LogP contribution in [0.2, 0.25) is 0 Å². The summed E-state index contributed by atoms with van der Waals surface area (Å²) < 4.78 is 29.1. The van der Waals surface area contributed by atoms with Crippen LogP contribution >= 0.6 is 0 Å². The minimum Gasteiger partial charge on any atom is -0.352 e. The van der Waals surface area contributed by atoms with Crippen molar-refractivity contribution in [2.75, 3.05) is 10.8 Å². The van der Waals surface area contributed by atoms with Crippen LogP contribution in [0.3, 0.4) is 0 Å². The fraction of sp³-hybridized carbons (Fsp3) is 0.375. The van der Waals surface area contributed by atoms with Gasteiger partial charge in [0, 0.05) is 12.6 Å². The lowest BCUT2D eigenvalue weighted by atomic mass is 10.1. The van der Waals surface area contributed by atoms with Gasteiger partial charge in [-0.15, -0.1) is 0 Å². The molecule has 0 spiro atoms. The van der Waals surface area contributed by atoms with Crippen LogP contribution in [0, 0.1) is 20.8 Å². The van der Waals surface area contributed by atoms with Crippen molar-refractivity contribution < 1.29 is 18.0 Å². The summed E-state index contributed by atoms with van der Waals surface area (Å²) in [4.78, 5) is 29.2. The third-order valence-electron chi connectivity index (χ3n) is 7.10. The lowest BCUT2D eigenvalue weighted by Gasteiger charge is -2.34. The largest absolute Gasteiger partial charge is 0.352 e. The lowest BCUT2D eigenvalue weighted by Crippen LogP contribution is -2.53. The molecule has 0 aromatic heterocycles.